The number of carbonyl (C=O) groups excluding carboxylic acids is 1. The Morgan fingerprint density at radius 1 is 1.40 bits per heavy atom. The minimum absolute atomic E-state index is 0.0542. The molecule has 2 amide bonds. The Kier molecular flexibility index (Phi) is 5.15. The lowest BCUT2D eigenvalue weighted by atomic mass is 10.0. The summed E-state index contributed by atoms with van der Waals surface area (Å²) in [5, 5.41) is 2.41. The van der Waals surface area contributed by atoms with Crippen LogP contribution in [0.15, 0.2) is 36.9 Å². The van der Waals surface area contributed by atoms with Gasteiger partial charge in [-0.15, -0.1) is 6.58 Å². The molecule has 0 bridgehead atoms. The van der Waals surface area contributed by atoms with E-state index in [4.69, 9.17) is 4.74 Å². The quantitative estimate of drug-likeness (QED) is 0.812. The van der Waals surface area contributed by atoms with E-state index in [1.807, 2.05) is 30.3 Å². The summed E-state index contributed by atoms with van der Waals surface area (Å²) in [6.07, 6.45) is 3.14. The number of aryl methyl sites for hydroxylation is 1. The molecule has 1 N–H and O–H groups in total. The number of amides is 2. The van der Waals surface area contributed by atoms with Crippen molar-refractivity contribution in [3.8, 4) is 0 Å². The number of para-hydroxylation sites is 1. The van der Waals surface area contributed by atoms with E-state index in [2.05, 4.69) is 11.9 Å². The molecule has 6 nitrogen and oxygen atoms in total. The van der Waals surface area contributed by atoms with Crippen LogP contribution in [0, 0.1) is 5.92 Å². The molecule has 1 aromatic rings. The van der Waals surface area contributed by atoms with Crippen molar-refractivity contribution in [1.29, 1.82) is 0 Å². The molecule has 2 aliphatic rings. The number of nitrogens with zero attached hydrogens (tertiary/aromatic N) is 1. The van der Waals surface area contributed by atoms with Gasteiger partial charge in [0.25, 0.3) is 0 Å². The van der Waals surface area contributed by atoms with Crippen molar-refractivity contribution in [2.75, 3.05) is 31.3 Å². The van der Waals surface area contributed by atoms with Crippen LogP contribution in [0.25, 0.3) is 0 Å². The smallest absolute Gasteiger partial charge is 0.321 e. The predicted octanol–water partition coefficient (Wildman–Crippen LogP) is 2.08. The minimum atomic E-state index is -3.20. The lowest BCUT2D eigenvalue weighted by Gasteiger charge is -2.21. The zero-order valence-electron chi connectivity index (χ0n) is 14.3. The van der Waals surface area contributed by atoms with Crippen LogP contribution in [0.5, 0.6) is 0 Å². The summed E-state index contributed by atoms with van der Waals surface area (Å²) in [7, 11) is -1.67. The molecule has 2 aliphatic heterocycles. The van der Waals surface area contributed by atoms with Gasteiger partial charge >= 0.3 is 6.03 Å². The molecule has 2 saturated heterocycles. The van der Waals surface area contributed by atoms with Gasteiger partial charge in [0.05, 0.1) is 17.1 Å². The Balaban J connectivity index is 1.71. The van der Waals surface area contributed by atoms with Crippen LogP contribution in [0.1, 0.15) is 12.0 Å². The highest BCUT2D eigenvalue weighted by atomic mass is 32.2. The first-order valence-corrected chi connectivity index (χ1v) is 10.2. The third-order valence-electron chi connectivity index (χ3n) is 5.11. The normalized spacial score (nSPS) is 27.1. The summed E-state index contributed by atoms with van der Waals surface area (Å²) in [4.78, 5) is 14.2. The maximum absolute atomic E-state index is 12.6. The number of rotatable bonds is 5. The van der Waals surface area contributed by atoms with Crippen molar-refractivity contribution in [2.45, 2.75) is 24.2 Å². The molecule has 25 heavy (non-hydrogen) atoms. The number of likely N-dealkylation sites (tertiary alicyclic amines) is 1. The van der Waals surface area contributed by atoms with E-state index in [0.717, 1.165) is 24.1 Å². The Morgan fingerprint density at radius 2 is 2.16 bits per heavy atom. The van der Waals surface area contributed by atoms with E-state index in [1.165, 1.54) is 7.11 Å². The fraction of sp³-hybridized carbons (Fsp3) is 0.500. The van der Waals surface area contributed by atoms with Crippen LogP contribution < -0.4 is 5.32 Å². The number of benzene rings is 1. The third kappa shape index (κ3) is 3.57. The molecule has 3 atom stereocenters. The fourth-order valence-electron chi connectivity index (χ4n) is 3.73. The van der Waals surface area contributed by atoms with Crippen molar-refractivity contribution in [2.24, 2.45) is 5.92 Å². The molecule has 2 heterocycles. The Hall–Kier alpha value is -1.86. The third-order valence-corrected chi connectivity index (χ3v) is 7.33. The van der Waals surface area contributed by atoms with E-state index >= 15 is 0 Å². The largest absolute Gasteiger partial charge is 0.380 e. The molecule has 0 aromatic heterocycles. The van der Waals surface area contributed by atoms with Gasteiger partial charge in [-0.05, 0) is 24.5 Å². The molecule has 0 spiro atoms. The van der Waals surface area contributed by atoms with Crippen molar-refractivity contribution >= 4 is 21.6 Å². The van der Waals surface area contributed by atoms with Gasteiger partial charge in [-0.25, -0.2) is 13.2 Å². The summed E-state index contributed by atoms with van der Waals surface area (Å²) < 4.78 is 29.9. The predicted molar refractivity (Wildman–Crippen MR) is 97.4 cm³/mol. The maximum Gasteiger partial charge on any atom is 0.321 e. The highest BCUT2D eigenvalue weighted by Gasteiger charge is 2.53. The monoisotopic (exact) mass is 364 g/mol. The number of sulfone groups is 1. The summed E-state index contributed by atoms with van der Waals surface area (Å²) in [5.74, 6) is -0.0876. The molecule has 7 heteroatoms. The van der Waals surface area contributed by atoms with Gasteiger partial charge in [-0.1, -0.05) is 24.3 Å². The molecule has 136 valence electrons. The van der Waals surface area contributed by atoms with Gasteiger partial charge < -0.3 is 15.0 Å². The number of allylic oxidation sites excluding steroid dienone is 1. The van der Waals surface area contributed by atoms with Crippen LogP contribution >= 0.6 is 0 Å². The second-order valence-electron chi connectivity index (χ2n) is 6.63. The number of anilines is 1. The van der Waals surface area contributed by atoms with Crippen molar-refractivity contribution in [1.82, 2.24) is 4.90 Å². The number of urea groups is 1. The van der Waals surface area contributed by atoms with E-state index in [-0.39, 0.29) is 30.4 Å². The molecular formula is C18H24N2O4S. The van der Waals surface area contributed by atoms with Gasteiger partial charge in [0.2, 0.25) is 0 Å². The standard InChI is InChI=1S/C18H24N2O4S/c1-3-4-7-13-8-5-6-9-15(13)19-18(21)20-10-14-16(24-2)12-25(22,23)17(14)11-20/h3,5-6,8-9,14,16-17H,1,4,7,10-12H2,2H3,(H,19,21)/t14-,16+,17-/m0/s1. The summed E-state index contributed by atoms with van der Waals surface area (Å²) in [5.41, 5.74) is 1.80. The van der Waals surface area contributed by atoms with E-state index in [0.29, 0.717) is 6.54 Å². The fourth-order valence-corrected chi connectivity index (χ4v) is 6.02. The van der Waals surface area contributed by atoms with Crippen LogP contribution in [0.4, 0.5) is 10.5 Å². The number of ether oxygens (including phenoxy) is 1. The van der Waals surface area contributed by atoms with E-state index < -0.39 is 15.1 Å². The average Bonchev–Trinajstić information content (AvgIpc) is 3.13. The lowest BCUT2D eigenvalue weighted by Crippen LogP contribution is -2.36. The Labute approximate surface area is 148 Å². The van der Waals surface area contributed by atoms with Gasteiger partial charge in [0, 0.05) is 31.8 Å². The number of methoxy groups -OCH3 is 1. The SMILES string of the molecule is C=CCCc1ccccc1NC(=O)N1C[C@H]2[C@H](OC)CS(=O)(=O)[C@H]2C1. The zero-order valence-corrected chi connectivity index (χ0v) is 15.2. The summed E-state index contributed by atoms with van der Waals surface area (Å²) >= 11 is 0. The molecule has 1 aromatic carbocycles. The molecule has 0 unspecified atom stereocenters. The van der Waals surface area contributed by atoms with Crippen molar-refractivity contribution in [3.05, 3.63) is 42.5 Å². The van der Waals surface area contributed by atoms with Gasteiger partial charge in [0.15, 0.2) is 9.84 Å². The number of hydrogen-bond donors (Lipinski definition) is 1. The first-order valence-electron chi connectivity index (χ1n) is 8.45. The number of carbonyl (C=O) groups is 1. The average molecular weight is 364 g/mol. The number of fused-ring (bicyclic) bond motifs is 1. The highest BCUT2D eigenvalue weighted by Crippen LogP contribution is 2.35. The van der Waals surface area contributed by atoms with Crippen LogP contribution in [-0.2, 0) is 21.0 Å². The van der Waals surface area contributed by atoms with Crippen LogP contribution in [0.3, 0.4) is 0 Å². The Bertz CT molecular complexity index is 762. The summed E-state index contributed by atoms with van der Waals surface area (Å²) in [6.45, 7) is 4.36. The van der Waals surface area contributed by atoms with Gasteiger partial charge in [0.1, 0.15) is 0 Å². The Morgan fingerprint density at radius 3 is 2.88 bits per heavy atom. The van der Waals surface area contributed by atoms with Gasteiger partial charge in [-0.3, -0.25) is 0 Å². The van der Waals surface area contributed by atoms with Crippen LogP contribution in [0.2, 0.25) is 0 Å². The summed E-state index contributed by atoms with van der Waals surface area (Å²) in [6, 6.07) is 7.39. The molecular weight excluding hydrogens is 340 g/mol. The molecule has 3 rings (SSSR count). The van der Waals surface area contributed by atoms with E-state index in [1.54, 1.807) is 4.90 Å². The first-order chi connectivity index (χ1) is 12.0. The molecule has 0 aliphatic carbocycles. The number of nitrogens with one attached hydrogen (secondary N) is 1. The van der Waals surface area contributed by atoms with E-state index in [9.17, 15) is 13.2 Å². The molecule has 0 radical (unpaired) electrons. The second-order valence-corrected chi connectivity index (χ2v) is 8.89. The first kappa shape index (κ1) is 17.9. The maximum atomic E-state index is 12.6. The minimum Gasteiger partial charge on any atom is -0.380 e. The molecule has 0 saturated carbocycles. The van der Waals surface area contributed by atoms with Gasteiger partial charge in [-0.2, -0.15) is 0 Å². The van der Waals surface area contributed by atoms with Crippen molar-refractivity contribution in [3.63, 3.8) is 0 Å². The second kappa shape index (κ2) is 7.17. The van der Waals surface area contributed by atoms with Crippen molar-refractivity contribution < 1.29 is 17.9 Å². The zero-order chi connectivity index (χ0) is 18.0. The van der Waals surface area contributed by atoms with Crippen LogP contribution in [-0.4, -0.2) is 56.7 Å². The topological polar surface area (TPSA) is 75.7 Å². The number of hydrogen-bond acceptors (Lipinski definition) is 4. The lowest BCUT2D eigenvalue weighted by molar-refractivity contribution is 0.0825. The molecule has 2 fully saturated rings. The highest BCUT2D eigenvalue weighted by molar-refractivity contribution is 7.92.